The van der Waals surface area contributed by atoms with Gasteiger partial charge in [-0.25, -0.2) is 4.79 Å². The molecule has 0 radical (unpaired) electrons. The molecule has 0 saturated carbocycles. The monoisotopic (exact) mass is 349 g/mol. The van der Waals surface area contributed by atoms with Crippen LogP contribution in [0.2, 0.25) is 0 Å². The van der Waals surface area contributed by atoms with E-state index in [1.165, 1.54) is 18.2 Å². The van der Waals surface area contributed by atoms with Crippen LogP contribution >= 0.6 is 11.8 Å². The lowest BCUT2D eigenvalue weighted by molar-refractivity contribution is -0.140. The molecule has 9 heteroatoms. The van der Waals surface area contributed by atoms with E-state index < -0.39 is 23.4 Å². The Hall–Kier alpha value is -2.00. The van der Waals surface area contributed by atoms with E-state index in [9.17, 15) is 22.8 Å². The molecule has 0 heterocycles. The molecule has 1 aromatic carbocycles. The molecule has 1 atom stereocenters. The smallest absolute Gasteiger partial charge is 0.446 e. The predicted molar refractivity (Wildman–Crippen MR) is 78.3 cm³/mol. The minimum Gasteiger partial charge on any atom is -0.480 e. The van der Waals surface area contributed by atoms with Crippen molar-refractivity contribution >= 4 is 23.6 Å². The summed E-state index contributed by atoms with van der Waals surface area (Å²) in [5.74, 6) is -2.00. The second-order valence-electron chi connectivity index (χ2n) is 4.26. The Labute approximate surface area is 134 Å². The van der Waals surface area contributed by atoms with Crippen LogP contribution in [0.5, 0.6) is 0 Å². The van der Waals surface area contributed by atoms with E-state index in [1.54, 1.807) is 0 Å². The number of rotatable bonds is 8. The van der Waals surface area contributed by atoms with Gasteiger partial charge in [0.2, 0.25) is 0 Å². The lowest BCUT2D eigenvalue weighted by Gasteiger charge is -2.14. The SMILES string of the molecule is C=CCOCC(NC(=O)c1ccc(SC(F)(F)F)cc1)C(=O)O. The van der Waals surface area contributed by atoms with Crippen LogP contribution in [-0.4, -0.2) is 41.7 Å². The van der Waals surface area contributed by atoms with Gasteiger partial charge < -0.3 is 15.2 Å². The molecule has 126 valence electrons. The molecule has 23 heavy (non-hydrogen) atoms. The molecule has 0 bridgehead atoms. The Bertz CT molecular complexity index is 560. The van der Waals surface area contributed by atoms with Gasteiger partial charge in [-0.05, 0) is 36.0 Å². The standard InChI is InChI=1S/C14H14F3NO4S/c1-2-7-22-8-11(13(20)21)18-12(19)9-3-5-10(6-4-9)23-14(15,16)17/h2-6,11H,1,7-8H2,(H,18,19)(H,20,21). The van der Waals surface area contributed by atoms with E-state index in [0.29, 0.717) is 0 Å². The van der Waals surface area contributed by atoms with Gasteiger partial charge >= 0.3 is 11.5 Å². The van der Waals surface area contributed by atoms with Crippen LogP contribution < -0.4 is 5.32 Å². The van der Waals surface area contributed by atoms with Gasteiger partial charge in [-0.1, -0.05) is 6.08 Å². The van der Waals surface area contributed by atoms with Gasteiger partial charge in [-0.15, -0.1) is 6.58 Å². The number of carbonyl (C=O) groups excluding carboxylic acids is 1. The predicted octanol–water partition coefficient (Wildman–Crippen LogP) is 2.68. The fourth-order valence-electron chi connectivity index (χ4n) is 1.49. The summed E-state index contributed by atoms with van der Waals surface area (Å²) < 4.78 is 41.6. The summed E-state index contributed by atoms with van der Waals surface area (Å²) >= 11 is -0.302. The Morgan fingerprint density at radius 2 is 1.96 bits per heavy atom. The number of halogens is 3. The van der Waals surface area contributed by atoms with Gasteiger partial charge in [0, 0.05) is 10.5 Å². The number of hydrogen-bond donors (Lipinski definition) is 2. The van der Waals surface area contributed by atoms with Crippen LogP contribution in [0.25, 0.3) is 0 Å². The number of nitrogens with one attached hydrogen (secondary N) is 1. The minimum atomic E-state index is -4.42. The van der Waals surface area contributed by atoms with Crippen molar-refractivity contribution in [2.24, 2.45) is 0 Å². The number of carbonyl (C=O) groups is 2. The largest absolute Gasteiger partial charge is 0.480 e. The zero-order valence-corrected chi connectivity index (χ0v) is 12.6. The highest BCUT2D eigenvalue weighted by molar-refractivity contribution is 8.00. The van der Waals surface area contributed by atoms with E-state index in [-0.39, 0.29) is 35.4 Å². The summed E-state index contributed by atoms with van der Waals surface area (Å²) in [6, 6.07) is 3.38. The second-order valence-corrected chi connectivity index (χ2v) is 5.40. The van der Waals surface area contributed by atoms with Crippen LogP contribution in [-0.2, 0) is 9.53 Å². The number of benzene rings is 1. The lowest BCUT2D eigenvalue weighted by atomic mass is 10.2. The van der Waals surface area contributed by atoms with Crippen LogP contribution in [0.3, 0.4) is 0 Å². The van der Waals surface area contributed by atoms with Crippen molar-refractivity contribution in [2.75, 3.05) is 13.2 Å². The molecule has 0 aliphatic carbocycles. The summed E-state index contributed by atoms with van der Waals surface area (Å²) in [5.41, 5.74) is -4.37. The molecule has 1 aromatic rings. The van der Waals surface area contributed by atoms with Gasteiger partial charge in [0.05, 0.1) is 13.2 Å². The fraction of sp³-hybridized carbons (Fsp3) is 0.286. The van der Waals surface area contributed by atoms with Crippen molar-refractivity contribution in [3.8, 4) is 0 Å². The molecule has 1 unspecified atom stereocenters. The molecule has 5 nitrogen and oxygen atoms in total. The van der Waals surface area contributed by atoms with Gasteiger partial charge in [-0.2, -0.15) is 13.2 Å². The first kappa shape index (κ1) is 19.0. The highest BCUT2D eigenvalue weighted by Crippen LogP contribution is 2.36. The van der Waals surface area contributed by atoms with Crippen molar-refractivity contribution in [3.63, 3.8) is 0 Å². The molecule has 1 amide bonds. The molecular weight excluding hydrogens is 335 g/mol. The van der Waals surface area contributed by atoms with E-state index >= 15 is 0 Å². The highest BCUT2D eigenvalue weighted by atomic mass is 32.2. The molecule has 0 fully saturated rings. The maximum absolute atomic E-state index is 12.2. The normalized spacial score (nSPS) is 12.5. The molecule has 0 saturated heterocycles. The van der Waals surface area contributed by atoms with Crippen molar-refractivity contribution in [1.29, 1.82) is 0 Å². The first-order valence-corrected chi connectivity index (χ1v) is 7.12. The zero-order valence-electron chi connectivity index (χ0n) is 11.8. The molecular formula is C14H14F3NO4S. The maximum atomic E-state index is 12.2. The summed E-state index contributed by atoms with van der Waals surface area (Å²) in [7, 11) is 0. The Morgan fingerprint density at radius 3 is 2.43 bits per heavy atom. The number of ether oxygens (including phenoxy) is 1. The third kappa shape index (κ3) is 7.20. The summed E-state index contributed by atoms with van der Waals surface area (Å²) in [6.07, 6.45) is 1.43. The highest BCUT2D eigenvalue weighted by Gasteiger charge is 2.29. The number of aliphatic carboxylic acids is 1. The van der Waals surface area contributed by atoms with Gasteiger partial charge in [-0.3, -0.25) is 4.79 Å². The topological polar surface area (TPSA) is 75.6 Å². The number of carboxylic acids is 1. The van der Waals surface area contributed by atoms with Crippen molar-refractivity contribution in [1.82, 2.24) is 5.32 Å². The molecule has 0 aromatic heterocycles. The molecule has 2 N–H and O–H groups in total. The average molecular weight is 349 g/mol. The summed E-state index contributed by atoms with van der Waals surface area (Å²) in [4.78, 5) is 22.9. The third-order valence-electron chi connectivity index (χ3n) is 2.47. The average Bonchev–Trinajstić information content (AvgIpc) is 2.45. The van der Waals surface area contributed by atoms with Crippen molar-refractivity contribution in [2.45, 2.75) is 16.4 Å². The van der Waals surface area contributed by atoms with E-state index in [2.05, 4.69) is 11.9 Å². The molecule has 0 aliphatic heterocycles. The number of alkyl halides is 3. The van der Waals surface area contributed by atoms with Crippen molar-refractivity contribution in [3.05, 3.63) is 42.5 Å². The lowest BCUT2D eigenvalue weighted by Crippen LogP contribution is -2.44. The Kier molecular flexibility index (Phi) is 7.11. The van der Waals surface area contributed by atoms with Gasteiger partial charge in [0.15, 0.2) is 6.04 Å². The van der Waals surface area contributed by atoms with Crippen LogP contribution in [0, 0.1) is 0 Å². The Balaban J connectivity index is 2.68. The molecule has 1 rings (SSSR count). The van der Waals surface area contributed by atoms with Crippen molar-refractivity contribution < 1.29 is 32.6 Å². The Morgan fingerprint density at radius 1 is 1.35 bits per heavy atom. The van der Waals surface area contributed by atoms with Gasteiger partial charge in [0.1, 0.15) is 0 Å². The first-order chi connectivity index (χ1) is 10.7. The number of thioether (sulfide) groups is 1. The van der Waals surface area contributed by atoms with E-state index in [1.807, 2.05) is 0 Å². The maximum Gasteiger partial charge on any atom is 0.446 e. The number of carboxylic acid groups (broad SMARTS) is 1. The quantitative estimate of drug-likeness (QED) is 0.429. The molecule has 0 aliphatic rings. The number of amides is 1. The van der Waals surface area contributed by atoms with Crippen LogP contribution in [0.4, 0.5) is 13.2 Å². The number of hydrogen-bond acceptors (Lipinski definition) is 4. The third-order valence-corrected chi connectivity index (χ3v) is 3.21. The minimum absolute atomic E-state index is 0.0477. The fourth-order valence-corrected chi connectivity index (χ4v) is 2.03. The summed E-state index contributed by atoms with van der Waals surface area (Å²) in [5, 5.41) is 11.2. The van der Waals surface area contributed by atoms with E-state index in [4.69, 9.17) is 9.84 Å². The van der Waals surface area contributed by atoms with Gasteiger partial charge in [0.25, 0.3) is 5.91 Å². The van der Waals surface area contributed by atoms with E-state index in [0.717, 1.165) is 12.1 Å². The first-order valence-electron chi connectivity index (χ1n) is 6.31. The summed E-state index contributed by atoms with van der Waals surface area (Å²) in [6.45, 7) is 3.28. The van der Waals surface area contributed by atoms with Crippen LogP contribution in [0.1, 0.15) is 10.4 Å². The van der Waals surface area contributed by atoms with Crippen LogP contribution in [0.15, 0.2) is 41.8 Å². The molecule has 0 spiro atoms. The second kappa shape index (κ2) is 8.59. The zero-order chi connectivity index (χ0) is 17.5.